The van der Waals surface area contributed by atoms with Crippen LogP contribution in [0.15, 0.2) is 36.4 Å². The molecule has 2 rings (SSSR count). The predicted octanol–water partition coefficient (Wildman–Crippen LogP) is 4.11. The molecule has 0 radical (unpaired) electrons. The van der Waals surface area contributed by atoms with Crippen LogP contribution in [0.5, 0.6) is 0 Å². The summed E-state index contributed by atoms with van der Waals surface area (Å²) in [6.45, 7) is 1.83. The van der Waals surface area contributed by atoms with Gasteiger partial charge in [-0.15, -0.1) is 0 Å². The van der Waals surface area contributed by atoms with E-state index in [1.165, 1.54) is 12.1 Å². The van der Waals surface area contributed by atoms with Crippen LogP contribution in [-0.4, -0.2) is 0 Å². The molecule has 2 nitrogen and oxygen atoms in total. The van der Waals surface area contributed by atoms with E-state index < -0.39 is 0 Å². The minimum atomic E-state index is -0.363. The Balaban J connectivity index is 2.36. The highest BCUT2D eigenvalue weighted by molar-refractivity contribution is 6.30. The normalized spacial score (nSPS) is 10.3. The zero-order valence-corrected chi connectivity index (χ0v) is 10.1. The zero-order chi connectivity index (χ0) is 12.4. The molecular formula is C13H12ClFN2. The molecule has 0 saturated carbocycles. The fourth-order valence-corrected chi connectivity index (χ4v) is 1.74. The lowest BCUT2D eigenvalue weighted by molar-refractivity contribution is 0.629. The SMILES string of the molecule is Cc1c(N)cc(F)cc1Nc1cccc(Cl)c1. The molecule has 88 valence electrons. The average Bonchev–Trinajstić information content (AvgIpc) is 2.25. The Morgan fingerprint density at radius 1 is 1.24 bits per heavy atom. The van der Waals surface area contributed by atoms with Crippen molar-refractivity contribution in [1.82, 2.24) is 0 Å². The van der Waals surface area contributed by atoms with Gasteiger partial charge in [-0.25, -0.2) is 4.39 Å². The van der Waals surface area contributed by atoms with E-state index in [0.29, 0.717) is 16.4 Å². The first kappa shape index (κ1) is 11.7. The van der Waals surface area contributed by atoms with Crippen LogP contribution in [0.3, 0.4) is 0 Å². The number of benzene rings is 2. The van der Waals surface area contributed by atoms with E-state index in [4.69, 9.17) is 17.3 Å². The third kappa shape index (κ3) is 2.68. The highest BCUT2D eigenvalue weighted by Crippen LogP contribution is 2.27. The molecular weight excluding hydrogens is 239 g/mol. The summed E-state index contributed by atoms with van der Waals surface area (Å²) in [5.41, 5.74) is 8.38. The molecule has 0 saturated heterocycles. The van der Waals surface area contributed by atoms with Crippen molar-refractivity contribution in [3.8, 4) is 0 Å². The topological polar surface area (TPSA) is 38.0 Å². The summed E-state index contributed by atoms with van der Waals surface area (Å²) in [5, 5.41) is 3.71. The monoisotopic (exact) mass is 250 g/mol. The molecule has 4 heteroatoms. The molecule has 0 heterocycles. The van der Waals surface area contributed by atoms with E-state index in [1.807, 2.05) is 19.1 Å². The van der Waals surface area contributed by atoms with Gasteiger partial charge in [-0.05, 0) is 42.8 Å². The van der Waals surface area contributed by atoms with Crippen LogP contribution in [0.25, 0.3) is 0 Å². The minimum Gasteiger partial charge on any atom is -0.398 e. The maximum Gasteiger partial charge on any atom is 0.127 e. The first-order valence-electron chi connectivity index (χ1n) is 5.14. The van der Waals surface area contributed by atoms with E-state index in [9.17, 15) is 4.39 Å². The van der Waals surface area contributed by atoms with Gasteiger partial charge in [0.1, 0.15) is 5.82 Å². The molecule has 17 heavy (non-hydrogen) atoms. The quantitative estimate of drug-likeness (QED) is 0.787. The molecule has 2 aromatic rings. The van der Waals surface area contributed by atoms with Gasteiger partial charge >= 0.3 is 0 Å². The second kappa shape index (κ2) is 4.63. The fourth-order valence-electron chi connectivity index (χ4n) is 1.55. The second-order valence-electron chi connectivity index (χ2n) is 3.80. The maximum atomic E-state index is 13.2. The van der Waals surface area contributed by atoms with Crippen molar-refractivity contribution < 1.29 is 4.39 Å². The largest absolute Gasteiger partial charge is 0.398 e. The molecule has 0 aliphatic rings. The summed E-state index contributed by atoms with van der Waals surface area (Å²) >= 11 is 5.87. The van der Waals surface area contributed by atoms with E-state index in [-0.39, 0.29) is 5.82 Å². The minimum absolute atomic E-state index is 0.363. The summed E-state index contributed by atoms with van der Waals surface area (Å²) in [7, 11) is 0. The van der Waals surface area contributed by atoms with Crippen molar-refractivity contribution in [1.29, 1.82) is 0 Å². The lowest BCUT2D eigenvalue weighted by Gasteiger charge is -2.11. The van der Waals surface area contributed by atoms with Crippen molar-refractivity contribution in [3.63, 3.8) is 0 Å². The summed E-state index contributed by atoms with van der Waals surface area (Å²) in [6.07, 6.45) is 0. The first-order valence-corrected chi connectivity index (χ1v) is 5.52. The molecule has 2 aromatic carbocycles. The summed E-state index contributed by atoms with van der Waals surface area (Å²) in [4.78, 5) is 0. The average molecular weight is 251 g/mol. The van der Waals surface area contributed by atoms with Crippen molar-refractivity contribution >= 4 is 28.7 Å². The Hall–Kier alpha value is -1.74. The fraction of sp³-hybridized carbons (Fsp3) is 0.0769. The molecule has 3 N–H and O–H groups in total. The van der Waals surface area contributed by atoms with Gasteiger partial charge in [-0.2, -0.15) is 0 Å². The Kier molecular flexibility index (Phi) is 3.20. The molecule has 0 amide bonds. The number of rotatable bonds is 2. The highest BCUT2D eigenvalue weighted by Gasteiger charge is 2.05. The van der Waals surface area contributed by atoms with Gasteiger partial charge in [0.2, 0.25) is 0 Å². The van der Waals surface area contributed by atoms with Crippen molar-refractivity contribution in [2.24, 2.45) is 0 Å². The van der Waals surface area contributed by atoms with Crippen molar-refractivity contribution in [2.75, 3.05) is 11.1 Å². The summed E-state index contributed by atoms with van der Waals surface area (Å²) in [5.74, 6) is -0.363. The highest BCUT2D eigenvalue weighted by atomic mass is 35.5. The standard InChI is InChI=1S/C13H12ClFN2/c1-8-12(16)6-10(15)7-13(8)17-11-4-2-3-9(14)5-11/h2-7,17H,16H2,1H3. The van der Waals surface area contributed by atoms with Crippen LogP contribution in [0.2, 0.25) is 5.02 Å². The Labute approximate surface area is 104 Å². The molecule has 0 aromatic heterocycles. The van der Waals surface area contributed by atoms with Crippen LogP contribution in [-0.2, 0) is 0 Å². The number of hydrogen-bond donors (Lipinski definition) is 2. The van der Waals surface area contributed by atoms with Gasteiger partial charge in [0.15, 0.2) is 0 Å². The van der Waals surface area contributed by atoms with Crippen LogP contribution >= 0.6 is 11.6 Å². The van der Waals surface area contributed by atoms with Gasteiger partial charge < -0.3 is 11.1 Å². The van der Waals surface area contributed by atoms with Crippen molar-refractivity contribution in [2.45, 2.75) is 6.92 Å². The summed E-state index contributed by atoms with van der Waals surface area (Å²) in [6, 6.07) is 9.93. The third-order valence-electron chi connectivity index (χ3n) is 2.52. The number of anilines is 3. The molecule has 0 spiro atoms. The third-order valence-corrected chi connectivity index (χ3v) is 2.75. The summed E-state index contributed by atoms with van der Waals surface area (Å²) < 4.78 is 13.2. The lowest BCUT2D eigenvalue weighted by Crippen LogP contribution is -1.98. The van der Waals surface area contributed by atoms with Crippen LogP contribution in [0.4, 0.5) is 21.5 Å². The first-order chi connectivity index (χ1) is 8.06. The van der Waals surface area contributed by atoms with Crippen LogP contribution < -0.4 is 11.1 Å². The van der Waals surface area contributed by atoms with E-state index in [0.717, 1.165) is 11.3 Å². The van der Waals surface area contributed by atoms with E-state index in [2.05, 4.69) is 5.32 Å². The van der Waals surface area contributed by atoms with E-state index in [1.54, 1.807) is 12.1 Å². The Morgan fingerprint density at radius 2 is 2.00 bits per heavy atom. The second-order valence-corrected chi connectivity index (χ2v) is 4.24. The molecule has 0 unspecified atom stereocenters. The maximum absolute atomic E-state index is 13.2. The van der Waals surface area contributed by atoms with Gasteiger partial charge in [0, 0.05) is 22.1 Å². The molecule has 0 bridgehead atoms. The number of hydrogen-bond acceptors (Lipinski definition) is 2. The van der Waals surface area contributed by atoms with Gasteiger partial charge in [-0.3, -0.25) is 0 Å². The van der Waals surface area contributed by atoms with Gasteiger partial charge in [0.25, 0.3) is 0 Å². The molecule has 0 fully saturated rings. The lowest BCUT2D eigenvalue weighted by atomic mass is 10.1. The smallest absolute Gasteiger partial charge is 0.127 e. The Bertz CT molecular complexity index is 555. The molecule has 0 aliphatic heterocycles. The predicted molar refractivity (Wildman–Crippen MR) is 70.3 cm³/mol. The number of nitrogens with two attached hydrogens (primary N) is 1. The number of halogens is 2. The van der Waals surface area contributed by atoms with Crippen LogP contribution in [0.1, 0.15) is 5.56 Å². The molecule has 0 aliphatic carbocycles. The molecule has 0 atom stereocenters. The van der Waals surface area contributed by atoms with Crippen molar-refractivity contribution in [3.05, 3.63) is 52.8 Å². The number of nitrogens with one attached hydrogen (secondary N) is 1. The van der Waals surface area contributed by atoms with Crippen LogP contribution in [0, 0.1) is 12.7 Å². The van der Waals surface area contributed by atoms with E-state index >= 15 is 0 Å². The zero-order valence-electron chi connectivity index (χ0n) is 9.30. The number of nitrogen functional groups attached to an aromatic ring is 1. The van der Waals surface area contributed by atoms with Gasteiger partial charge in [0.05, 0.1) is 0 Å². The Morgan fingerprint density at radius 3 is 2.71 bits per heavy atom. The van der Waals surface area contributed by atoms with Gasteiger partial charge in [-0.1, -0.05) is 17.7 Å².